The number of benzene rings is 2. The standard InChI is InChI=1S/C15H15BrN2O2/c1-2-20-15(19)11-9-10(17)7-8-13(11)18-14-6-4-3-5-12(14)16/h3-9,18H,2,17H2,1H3. The van der Waals surface area contributed by atoms with Gasteiger partial charge in [0.1, 0.15) is 0 Å². The van der Waals surface area contributed by atoms with Crippen LogP contribution in [0.3, 0.4) is 0 Å². The van der Waals surface area contributed by atoms with Gasteiger partial charge in [0.05, 0.1) is 23.5 Å². The molecule has 0 amide bonds. The number of rotatable bonds is 4. The summed E-state index contributed by atoms with van der Waals surface area (Å²) in [5.74, 6) is -0.394. The molecule has 0 aliphatic rings. The van der Waals surface area contributed by atoms with Gasteiger partial charge in [0.25, 0.3) is 0 Å². The quantitative estimate of drug-likeness (QED) is 0.656. The molecule has 20 heavy (non-hydrogen) atoms. The summed E-state index contributed by atoms with van der Waals surface area (Å²) in [7, 11) is 0. The summed E-state index contributed by atoms with van der Waals surface area (Å²) in [5, 5.41) is 3.20. The van der Waals surface area contributed by atoms with E-state index in [1.165, 1.54) is 0 Å². The van der Waals surface area contributed by atoms with Crippen molar-refractivity contribution >= 4 is 39.0 Å². The zero-order chi connectivity index (χ0) is 14.5. The van der Waals surface area contributed by atoms with Gasteiger partial charge in [0.2, 0.25) is 0 Å². The topological polar surface area (TPSA) is 64.3 Å². The van der Waals surface area contributed by atoms with Crippen molar-refractivity contribution in [1.29, 1.82) is 0 Å². The number of nitrogens with one attached hydrogen (secondary N) is 1. The molecular weight excluding hydrogens is 320 g/mol. The van der Waals surface area contributed by atoms with Crippen molar-refractivity contribution in [1.82, 2.24) is 0 Å². The maximum atomic E-state index is 12.0. The first-order valence-electron chi connectivity index (χ1n) is 6.20. The van der Waals surface area contributed by atoms with Crippen LogP contribution in [0.15, 0.2) is 46.9 Å². The van der Waals surface area contributed by atoms with Crippen LogP contribution in [0.1, 0.15) is 17.3 Å². The Morgan fingerprint density at radius 1 is 1.25 bits per heavy atom. The Labute approximate surface area is 126 Å². The molecule has 0 heterocycles. The monoisotopic (exact) mass is 334 g/mol. The van der Waals surface area contributed by atoms with Crippen LogP contribution < -0.4 is 11.1 Å². The zero-order valence-electron chi connectivity index (χ0n) is 11.0. The summed E-state index contributed by atoms with van der Waals surface area (Å²) in [6, 6.07) is 12.8. The maximum Gasteiger partial charge on any atom is 0.340 e. The molecule has 2 aromatic rings. The lowest BCUT2D eigenvalue weighted by atomic mass is 10.1. The summed E-state index contributed by atoms with van der Waals surface area (Å²) in [4.78, 5) is 12.0. The van der Waals surface area contributed by atoms with E-state index >= 15 is 0 Å². The van der Waals surface area contributed by atoms with Crippen LogP contribution in [-0.2, 0) is 4.74 Å². The van der Waals surface area contributed by atoms with Crippen molar-refractivity contribution in [2.75, 3.05) is 17.7 Å². The lowest BCUT2D eigenvalue weighted by Crippen LogP contribution is -2.08. The van der Waals surface area contributed by atoms with Crippen LogP contribution in [0.4, 0.5) is 17.1 Å². The number of esters is 1. The molecule has 0 unspecified atom stereocenters. The van der Waals surface area contributed by atoms with Crippen molar-refractivity contribution in [3.8, 4) is 0 Å². The Morgan fingerprint density at radius 2 is 2.00 bits per heavy atom. The van der Waals surface area contributed by atoms with Crippen LogP contribution in [0.5, 0.6) is 0 Å². The fourth-order valence-electron chi connectivity index (χ4n) is 1.76. The highest BCUT2D eigenvalue weighted by molar-refractivity contribution is 9.10. The zero-order valence-corrected chi connectivity index (χ0v) is 12.6. The highest BCUT2D eigenvalue weighted by atomic mass is 79.9. The van der Waals surface area contributed by atoms with Gasteiger partial charge in [-0.25, -0.2) is 4.79 Å². The predicted molar refractivity (Wildman–Crippen MR) is 84.2 cm³/mol. The molecule has 0 saturated heterocycles. The molecule has 0 fully saturated rings. The lowest BCUT2D eigenvalue weighted by molar-refractivity contribution is 0.0527. The van der Waals surface area contributed by atoms with Gasteiger partial charge in [-0.3, -0.25) is 0 Å². The van der Waals surface area contributed by atoms with E-state index in [9.17, 15) is 4.79 Å². The molecule has 4 nitrogen and oxygen atoms in total. The fraction of sp³-hybridized carbons (Fsp3) is 0.133. The van der Waals surface area contributed by atoms with E-state index in [0.29, 0.717) is 23.5 Å². The largest absolute Gasteiger partial charge is 0.462 e. The number of hydrogen-bond donors (Lipinski definition) is 2. The summed E-state index contributed by atoms with van der Waals surface area (Å²) in [6.45, 7) is 2.09. The van der Waals surface area contributed by atoms with Gasteiger partial charge < -0.3 is 15.8 Å². The molecular formula is C15H15BrN2O2. The molecule has 0 saturated carbocycles. The summed E-state index contributed by atoms with van der Waals surface area (Å²) in [6.07, 6.45) is 0. The van der Waals surface area contributed by atoms with E-state index in [0.717, 1.165) is 10.2 Å². The summed E-state index contributed by atoms with van der Waals surface area (Å²) >= 11 is 3.46. The SMILES string of the molecule is CCOC(=O)c1cc(N)ccc1Nc1ccccc1Br. The Kier molecular flexibility index (Phi) is 4.63. The number of nitrogens with two attached hydrogens (primary N) is 1. The van der Waals surface area contributed by atoms with Crippen LogP contribution in [-0.4, -0.2) is 12.6 Å². The number of anilines is 3. The predicted octanol–water partition coefficient (Wildman–Crippen LogP) is 3.95. The van der Waals surface area contributed by atoms with Crippen LogP contribution >= 0.6 is 15.9 Å². The van der Waals surface area contributed by atoms with E-state index in [1.807, 2.05) is 24.3 Å². The highest BCUT2D eigenvalue weighted by Gasteiger charge is 2.13. The average molecular weight is 335 g/mol. The van der Waals surface area contributed by atoms with Gasteiger partial charge in [-0.2, -0.15) is 0 Å². The first-order chi connectivity index (χ1) is 9.61. The van der Waals surface area contributed by atoms with Crippen molar-refractivity contribution in [2.24, 2.45) is 0 Å². The third-order valence-electron chi connectivity index (χ3n) is 2.68. The van der Waals surface area contributed by atoms with Gasteiger partial charge in [0, 0.05) is 10.2 Å². The molecule has 0 aliphatic carbocycles. The van der Waals surface area contributed by atoms with Gasteiger partial charge >= 0.3 is 5.97 Å². The Morgan fingerprint density at radius 3 is 2.70 bits per heavy atom. The molecule has 0 radical (unpaired) electrons. The van der Waals surface area contributed by atoms with Crippen molar-refractivity contribution < 1.29 is 9.53 Å². The van der Waals surface area contributed by atoms with E-state index in [4.69, 9.17) is 10.5 Å². The number of carbonyl (C=O) groups is 1. The van der Waals surface area contributed by atoms with Crippen molar-refractivity contribution in [3.05, 3.63) is 52.5 Å². The molecule has 0 aromatic heterocycles. The normalized spacial score (nSPS) is 10.1. The molecule has 0 bridgehead atoms. The smallest absolute Gasteiger partial charge is 0.340 e. The van der Waals surface area contributed by atoms with Crippen molar-refractivity contribution in [2.45, 2.75) is 6.92 Å². The third kappa shape index (κ3) is 3.30. The third-order valence-corrected chi connectivity index (χ3v) is 3.37. The maximum absolute atomic E-state index is 12.0. The van der Waals surface area contributed by atoms with Crippen LogP contribution in [0, 0.1) is 0 Å². The number of halogens is 1. The Hall–Kier alpha value is -2.01. The molecule has 3 N–H and O–H groups in total. The fourth-order valence-corrected chi connectivity index (χ4v) is 2.14. The molecule has 0 atom stereocenters. The van der Waals surface area contributed by atoms with Gasteiger partial charge in [0.15, 0.2) is 0 Å². The first kappa shape index (κ1) is 14.4. The number of ether oxygens (including phenoxy) is 1. The number of carbonyl (C=O) groups excluding carboxylic acids is 1. The molecule has 2 rings (SSSR count). The molecule has 0 spiro atoms. The number of hydrogen-bond acceptors (Lipinski definition) is 4. The average Bonchev–Trinajstić information content (AvgIpc) is 2.43. The highest BCUT2D eigenvalue weighted by Crippen LogP contribution is 2.28. The van der Waals surface area contributed by atoms with E-state index in [-0.39, 0.29) is 0 Å². The minimum absolute atomic E-state index is 0.322. The van der Waals surface area contributed by atoms with Crippen LogP contribution in [0.2, 0.25) is 0 Å². The van der Waals surface area contributed by atoms with Gasteiger partial charge in [-0.1, -0.05) is 12.1 Å². The minimum atomic E-state index is -0.394. The van der Waals surface area contributed by atoms with Gasteiger partial charge in [-0.05, 0) is 53.2 Å². The second kappa shape index (κ2) is 6.43. The Balaban J connectivity index is 2.36. The number of para-hydroxylation sites is 1. The lowest BCUT2D eigenvalue weighted by Gasteiger charge is -2.13. The van der Waals surface area contributed by atoms with Crippen molar-refractivity contribution in [3.63, 3.8) is 0 Å². The van der Waals surface area contributed by atoms with E-state index in [2.05, 4.69) is 21.2 Å². The summed E-state index contributed by atoms with van der Waals surface area (Å²) < 4.78 is 5.95. The summed E-state index contributed by atoms with van der Waals surface area (Å²) in [5.41, 5.74) is 8.20. The number of nitrogen functional groups attached to an aromatic ring is 1. The first-order valence-corrected chi connectivity index (χ1v) is 6.99. The second-order valence-electron chi connectivity index (χ2n) is 4.13. The van der Waals surface area contributed by atoms with E-state index in [1.54, 1.807) is 25.1 Å². The molecule has 0 aliphatic heterocycles. The minimum Gasteiger partial charge on any atom is -0.462 e. The Bertz CT molecular complexity index is 629. The van der Waals surface area contributed by atoms with E-state index < -0.39 is 5.97 Å². The van der Waals surface area contributed by atoms with Gasteiger partial charge in [-0.15, -0.1) is 0 Å². The molecule has 2 aromatic carbocycles. The molecule has 5 heteroatoms. The molecule has 104 valence electrons. The van der Waals surface area contributed by atoms with Crippen LogP contribution in [0.25, 0.3) is 0 Å². The second-order valence-corrected chi connectivity index (χ2v) is 4.98.